The molecule has 0 atom stereocenters. The van der Waals surface area contributed by atoms with Crippen LogP contribution in [0, 0.1) is 0 Å². The molecule has 2 aromatic rings. The van der Waals surface area contributed by atoms with Gasteiger partial charge in [-0.1, -0.05) is 37.9 Å². The number of carbonyl (C=O) groups excluding carboxylic acids is 1. The lowest BCUT2D eigenvalue weighted by atomic mass is 10.2. The summed E-state index contributed by atoms with van der Waals surface area (Å²) >= 11 is 6.68. The molecule has 0 aliphatic rings. The maximum atomic E-state index is 10.9. The van der Waals surface area contributed by atoms with Crippen molar-refractivity contribution in [2.24, 2.45) is 0 Å². The second-order valence-corrected chi connectivity index (χ2v) is 5.19. The predicted molar refractivity (Wildman–Crippen MR) is 73.7 cm³/mol. The zero-order valence-electron chi connectivity index (χ0n) is 8.69. The smallest absolute Gasteiger partial charge is 0.153 e. The monoisotopic (exact) mass is 354 g/mol. The van der Waals surface area contributed by atoms with Crippen molar-refractivity contribution >= 4 is 38.1 Å². The SMILES string of the molecule is O=Cc1cc(Br)ccc1Oc1cccc(Br)c1. The summed E-state index contributed by atoms with van der Waals surface area (Å²) in [6, 6.07) is 12.8. The third-order valence-corrected chi connectivity index (χ3v) is 3.11. The molecule has 0 saturated heterocycles. The van der Waals surface area contributed by atoms with Crippen molar-refractivity contribution < 1.29 is 9.53 Å². The van der Waals surface area contributed by atoms with Gasteiger partial charge in [0.1, 0.15) is 11.5 Å². The summed E-state index contributed by atoms with van der Waals surface area (Å²) in [4.78, 5) is 10.9. The molecule has 4 heteroatoms. The van der Waals surface area contributed by atoms with Crippen LogP contribution >= 0.6 is 31.9 Å². The molecule has 17 heavy (non-hydrogen) atoms. The van der Waals surface area contributed by atoms with Crippen LogP contribution in [0.2, 0.25) is 0 Å². The second-order valence-electron chi connectivity index (χ2n) is 3.36. The Hall–Kier alpha value is -1.13. The van der Waals surface area contributed by atoms with Crippen LogP contribution in [0.1, 0.15) is 10.4 Å². The number of carbonyl (C=O) groups is 1. The molecule has 86 valence electrons. The first-order chi connectivity index (χ1) is 8.19. The van der Waals surface area contributed by atoms with E-state index in [4.69, 9.17) is 4.74 Å². The summed E-state index contributed by atoms with van der Waals surface area (Å²) in [5.41, 5.74) is 0.513. The highest BCUT2D eigenvalue weighted by atomic mass is 79.9. The molecule has 2 aromatic carbocycles. The van der Waals surface area contributed by atoms with E-state index in [1.807, 2.05) is 30.3 Å². The van der Waals surface area contributed by atoms with Gasteiger partial charge in [-0.15, -0.1) is 0 Å². The van der Waals surface area contributed by atoms with Crippen molar-refractivity contribution in [2.45, 2.75) is 0 Å². The normalized spacial score (nSPS) is 10.0. The number of ether oxygens (including phenoxy) is 1. The average Bonchev–Trinajstić information content (AvgIpc) is 2.31. The number of benzene rings is 2. The lowest BCUT2D eigenvalue weighted by Gasteiger charge is -2.08. The summed E-state index contributed by atoms with van der Waals surface area (Å²) in [5.74, 6) is 1.23. The zero-order chi connectivity index (χ0) is 12.3. The minimum Gasteiger partial charge on any atom is -0.457 e. The molecule has 0 aliphatic heterocycles. The molecule has 0 fully saturated rings. The van der Waals surface area contributed by atoms with Crippen molar-refractivity contribution in [3.05, 3.63) is 57.0 Å². The van der Waals surface area contributed by atoms with E-state index in [1.165, 1.54) is 0 Å². The Kier molecular flexibility index (Phi) is 3.97. The van der Waals surface area contributed by atoms with E-state index in [2.05, 4.69) is 31.9 Å². The van der Waals surface area contributed by atoms with Crippen molar-refractivity contribution in [3.63, 3.8) is 0 Å². The van der Waals surface area contributed by atoms with Gasteiger partial charge in [-0.25, -0.2) is 0 Å². The Labute approximate surface area is 116 Å². The molecule has 0 aromatic heterocycles. The maximum Gasteiger partial charge on any atom is 0.153 e. The Morgan fingerprint density at radius 1 is 1.00 bits per heavy atom. The van der Waals surface area contributed by atoms with E-state index in [-0.39, 0.29) is 0 Å². The van der Waals surface area contributed by atoms with Crippen molar-refractivity contribution in [2.75, 3.05) is 0 Å². The summed E-state index contributed by atoms with van der Waals surface area (Å²) in [7, 11) is 0. The van der Waals surface area contributed by atoms with Crippen LogP contribution in [0.25, 0.3) is 0 Å². The first-order valence-electron chi connectivity index (χ1n) is 4.87. The molecule has 0 aliphatic carbocycles. The number of aldehydes is 1. The molecule has 2 rings (SSSR count). The van der Waals surface area contributed by atoms with E-state index in [1.54, 1.807) is 12.1 Å². The van der Waals surface area contributed by atoms with Crippen molar-refractivity contribution in [3.8, 4) is 11.5 Å². The molecular weight excluding hydrogens is 348 g/mol. The van der Waals surface area contributed by atoms with Crippen LogP contribution in [0.3, 0.4) is 0 Å². The summed E-state index contributed by atoms with van der Waals surface area (Å²) < 4.78 is 7.43. The van der Waals surface area contributed by atoms with Crippen LogP contribution in [0.15, 0.2) is 51.4 Å². The lowest BCUT2D eigenvalue weighted by molar-refractivity contribution is 0.112. The predicted octanol–water partition coefficient (Wildman–Crippen LogP) is 4.82. The Balaban J connectivity index is 2.32. The fraction of sp³-hybridized carbons (Fsp3) is 0. The molecule has 0 amide bonds. The molecule has 0 spiro atoms. The Morgan fingerprint density at radius 2 is 1.76 bits per heavy atom. The van der Waals surface area contributed by atoms with Gasteiger partial charge in [0, 0.05) is 8.95 Å². The third-order valence-electron chi connectivity index (χ3n) is 2.12. The van der Waals surface area contributed by atoms with E-state index in [0.717, 1.165) is 15.2 Å². The first kappa shape index (κ1) is 12.3. The van der Waals surface area contributed by atoms with Gasteiger partial charge >= 0.3 is 0 Å². The molecule has 0 N–H and O–H groups in total. The fourth-order valence-electron chi connectivity index (χ4n) is 1.36. The van der Waals surface area contributed by atoms with Gasteiger partial charge in [0.25, 0.3) is 0 Å². The zero-order valence-corrected chi connectivity index (χ0v) is 11.9. The van der Waals surface area contributed by atoms with Crippen LogP contribution in [0.4, 0.5) is 0 Å². The minimum absolute atomic E-state index is 0.513. The highest BCUT2D eigenvalue weighted by Gasteiger charge is 2.05. The number of halogens is 2. The lowest BCUT2D eigenvalue weighted by Crippen LogP contribution is -1.90. The highest BCUT2D eigenvalue weighted by molar-refractivity contribution is 9.10. The Morgan fingerprint density at radius 3 is 2.47 bits per heavy atom. The fourth-order valence-corrected chi connectivity index (χ4v) is 2.12. The quantitative estimate of drug-likeness (QED) is 0.738. The molecule has 0 unspecified atom stereocenters. The van der Waals surface area contributed by atoms with Gasteiger partial charge in [-0.3, -0.25) is 4.79 Å². The average molecular weight is 356 g/mol. The van der Waals surface area contributed by atoms with E-state index < -0.39 is 0 Å². The van der Waals surface area contributed by atoms with Crippen molar-refractivity contribution in [1.29, 1.82) is 0 Å². The maximum absolute atomic E-state index is 10.9. The van der Waals surface area contributed by atoms with Gasteiger partial charge in [-0.2, -0.15) is 0 Å². The van der Waals surface area contributed by atoms with Crippen LogP contribution in [0.5, 0.6) is 11.5 Å². The van der Waals surface area contributed by atoms with Gasteiger partial charge in [0.2, 0.25) is 0 Å². The molecule has 0 heterocycles. The van der Waals surface area contributed by atoms with E-state index in [9.17, 15) is 4.79 Å². The van der Waals surface area contributed by atoms with Gasteiger partial charge < -0.3 is 4.74 Å². The minimum atomic E-state index is 0.513. The van der Waals surface area contributed by atoms with Crippen molar-refractivity contribution in [1.82, 2.24) is 0 Å². The van der Waals surface area contributed by atoms with Gasteiger partial charge in [-0.05, 0) is 36.4 Å². The van der Waals surface area contributed by atoms with E-state index in [0.29, 0.717) is 17.1 Å². The van der Waals surface area contributed by atoms with Gasteiger partial charge in [0.05, 0.1) is 5.56 Å². The summed E-state index contributed by atoms with van der Waals surface area (Å²) in [6.07, 6.45) is 0.776. The van der Waals surface area contributed by atoms with Crippen LogP contribution < -0.4 is 4.74 Å². The standard InChI is InChI=1S/C13H8Br2O2/c14-10-2-1-3-12(7-10)17-13-5-4-11(15)6-9(13)8-16/h1-8H. The largest absolute Gasteiger partial charge is 0.457 e. The molecule has 2 nitrogen and oxygen atoms in total. The molecular formula is C13H8Br2O2. The Bertz CT molecular complexity index is 553. The molecule has 0 radical (unpaired) electrons. The third kappa shape index (κ3) is 3.17. The number of rotatable bonds is 3. The van der Waals surface area contributed by atoms with E-state index >= 15 is 0 Å². The van der Waals surface area contributed by atoms with Gasteiger partial charge in [0.15, 0.2) is 6.29 Å². The first-order valence-corrected chi connectivity index (χ1v) is 6.46. The number of hydrogen-bond donors (Lipinski definition) is 0. The van der Waals surface area contributed by atoms with Crippen LogP contribution in [-0.4, -0.2) is 6.29 Å². The summed E-state index contributed by atoms with van der Waals surface area (Å²) in [6.45, 7) is 0. The topological polar surface area (TPSA) is 26.3 Å². The summed E-state index contributed by atoms with van der Waals surface area (Å²) in [5, 5.41) is 0. The molecule has 0 bridgehead atoms. The number of hydrogen-bond acceptors (Lipinski definition) is 2. The molecule has 0 saturated carbocycles. The highest BCUT2D eigenvalue weighted by Crippen LogP contribution is 2.28. The van der Waals surface area contributed by atoms with Crippen LogP contribution in [-0.2, 0) is 0 Å². The second kappa shape index (κ2) is 5.47.